The Bertz CT molecular complexity index is 511. The van der Waals surface area contributed by atoms with Crippen LogP contribution in [0.3, 0.4) is 0 Å². The zero-order valence-electron chi connectivity index (χ0n) is 9.34. The number of aromatic nitrogens is 1. The molecule has 2 nitrogen and oxygen atoms in total. The van der Waals surface area contributed by atoms with Gasteiger partial charge in [0.25, 0.3) is 0 Å². The monoisotopic (exact) mass is 374 g/mol. The first-order valence-electron chi connectivity index (χ1n) is 5.25. The number of hydrogen-bond acceptors (Lipinski definition) is 3. The maximum atomic E-state index is 4.35. The molecule has 0 aliphatic rings. The van der Waals surface area contributed by atoms with E-state index in [9.17, 15) is 0 Å². The number of nitrogens with one attached hydrogen (secondary N) is 1. The van der Waals surface area contributed by atoms with E-state index < -0.39 is 0 Å². The topological polar surface area (TPSA) is 24.9 Å². The Morgan fingerprint density at radius 1 is 1.35 bits per heavy atom. The number of hydrogen-bond donors (Lipinski definition) is 1. The number of nitrogens with zero attached hydrogens (tertiary/aromatic N) is 1. The Morgan fingerprint density at radius 3 is 2.82 bits per heavy atom. The summed E-state index contributed by atoms with van der Waals surface area (Å²) < 4.78 is 2.20. The van der Waals surface area contributed by atoms with E-state index in [-0.39, 0.29) is 0 Å². The van der Waals surface area contributed by atoms with E-state index in [1.54, 1.807) is 11.3 Å². The van der Waals surface area contributed by atoms with Crippen molar-refractivity contribution in [3.8, 4) is 0 Å². The number of rotatable bonds is 4. The van der Waals surface area contributed by atoms with E-state index in [1.807, 2.05) is 13.1 Å². The van der Waals surface area contributed by atoms with Crippen LogP contribution in [0.2, 0.25) is 0 Å². The summed E-state index contributed by atoms with van der Waals surface area (Å²) in [4.78, 5) is 5.72. The van der Waals surface area contributed by atoms with Crippen LogP contribution < -0.4 is 5.32 Å². The molecule has 0 amide bonds. The van der Waals surface area contributed by atoms with Crippen molar-refractivity contribution in [2.75, 3.05) is 11.9 Å². The molecule has 0 saturated heterocycles. The van der Waals surface area contributed by atoms with E-state index in [2.05, 4.69) is 60.4 Å². The van der Waals surface area contributed by atoms with Crippen LogP contribution in [-0.4, -0.2) is 11.5 Å². The summed E-state index contributed by atoms with van der Waals surface area (Å²) in [7, 11) is 0. The molecule has 0 radical (unpaired) electrons. The highest BCUT2D eigenvalue weighted by Gasteiger charge is 2.02. The van der Waals surface area contributed by atoms with E-state index in [0.29, 0.717) is 0 Å². The molecule has 2 aromatic rings. The minimum absolute atomic E-state index is 0.890. The third kappa shape index (κ3) is 3.79. The molecular weight excluding hydrogens is 364 g/mol. The lowest BCUT2D eigenvalue weighted by molar-refractivity contribution is 1.02. The van der Waals surface area contributed by atoms with E-state index in [4.69, 9.17) is 0 Å². The highest BCUT2D eigenvalue weighted by molar-refractivity contribution is 9.11. The van der Waals surface area contributed by atoms with Gasteiger partial charge in [-0.15, -0.1) is 11.3 Å². The van der Waals surface area contributed by atoms with Crippen molar-refractivity contribution in [1.82, 2.24) is 4.98 Å². The molecule has 0 unspecified atom stereocenters. The first kappa shape index (κ1) is 13.1. The van der Waals surface area contributed by atoms with Crippen LogP contribution in [0.5, 0.6) is 0 Å². The summed E-state index contributed by atoms with van der Waals surface area (Å²) in [6, 6.07) is 6.30. The van der Waals surface area contributed by atoms with Gasteiger partial charge >= 0.3 is 0 Å². The quantitative estimate of drug-likeness (QED) is 0.842. The zero-order chi connectivity index (χ0) is 12.3. The summed E-state index contributed by atoms with van der Waals surface area (Å²) in [5.41, 5.74) is 1.16. The van der Waals surface area contributed by atoms with Gasteiger partial charge in [-0.2, -0.15) is 0 Å². The van der Waals surface area contributed by atoms with Gasteiger partial charge in [0.1, 0.15) is 5.82 Å². The Kier molecular flexibility index (Phi) is 4.59. The summed E-state index contributed by atoms with van der Waals surface area (Å²) in [6.07, 6.45) is 2.88. The van der Waals surface area contributed by atoms with Crippen LogP contribution in [-0.2, 0) is 6.42 Å². The van der Waals surface area contributed by atoms with Crippen LogP contribution >= 0.6 is 43.2 Å². The highest BCUT2D eigenvalue weighted by atomic mass is 79.9. The van der Waals surface area contributed by atoms with Crippen molar-refractivity contribution in [3.05, 3.63) is 43.1 Å². The number of halogens is 2. The Labute approximate surface area is 122 Å². The smallest absolute Gasteiger partial charge is 0.140 e. The molecule has 0 bridgehead atoms. The fourth-order valence-electron chi connectivity index (χ4n) is 1.45. The van der Waals surface area contributed by atoms with Crippen LogP contribution in [0, 0.1) is 6.92 Å². The van der Waals surface area contributed by atoms with Crippen molar-refractivity contribution >= 4 is 49.0 Å². The van der Waals surface area contributed by atoms with Crippen molar-refractivity contribution in [2.45, 2.75) is 13.3 Å². The first-order valence-corrected chi connectivity index (χ1v) is 7.65. The third-order valence-corrected chi connectivity index (χ3v) is 4.56. The van der Waals surface area contributed by atoms with Crippen LogP contribution in [0.25, 0.3) is 0 Å². The van der Waals surface area contributed by atoms with Gasteiger partial charge in [0, 0.05) is 17.6 Å². The fraction of sp³-hybridized carbons (Fsp3) is 0.250. The predicted octanol–water partition coefficient (Wildman–Crippen LogP) is 4.63. The molecule has 2 heterocycles. The van der Waals surface area contributed by atoms with Crippen LogP contribution in [0.1, 0.15) is 10.4 Å². The molecule has 2 rings (SSSR count). The van der Waals surface area contributed by atoms with Gasteiger partial charge in [0.05, 0.1) is 8.26 Å². The summed E-state index contributed by atoms with van der Waals surface area (Å²) in [6.45, 7) is 2.92. The van der Waals surface area contributed by atoms with E-state index in [1.165, 1.54) is 8.66 Å². The summed E-state index contributed by atoms with van der Waals surface area (Å²) in [5.74, 6) is 0.909. The molecule has 17 heavy (non-hydrogen) atoms. The molecule has 0 atom stereocenters. The van der Waals surface area contributed by atoms with Crippen molar-refractivity contribution in [3.63, 3.8) is 0 Å². The SMILES string of the molecule is Cc1cnc(NCCc2ccc(Br)s2)c(Br)c1. The number of thiophene rings is 1. The van der Waals surface area contributed by atoms with Gasteiger partial charge in [-0.05, 0) is 69.0 Å². The fourth-order valence-corrected chi connectivity index (χ4v) is 3.54. The lowest BCUT2D eigenvalue weighted by Crippen LogP contribution is -2.06. The summed E-state index contributed by atoms with van der Waals surface area (Å²) >= 11 is 8.75. The Hall–Kier alpha value is -0.390. The molecule has 0 fully saturated rings. The van der Waals surface area contributed by atoms with E-state index in [0.717, 1.165) is 28.8 Å². The van der Waals surface area contributed by atoms with Gasteiger partial charge in [0.15, 0.2) is 0 Å². The average Bonchev–Trinajstić information content (AvgIpc) is 2.68. The molecule has 2 aromatic heterocycles. The minimum atomic E-state index is 0.890. The van der Waals surface area contributed by atoms with Gasteiger partial charge in [0.2, 0.25) is 0 Å². The Balaban J connectivity index is 1.90. The van der Waals surface area contributed by atoms with Gasteiger partial charge < -0.3 is 5.32 Å². The number of pyridine rings is 1. The molecule has 5 heteroatoms. The molecule has 0 saturated carbocycles. The molecular formula is C12H12Br2N2S. The zero-order valence-corrected chi connectivity index (χ0v) is 13.3. The lowest BCUT2D eigenvalue weighted by atomic mass is 10.3. The molecule has 90 valence electrons. The minimum Gasteiger partial charge on any atom is -0.369 e. The summed E-state index contributed by atoms with van der Waals surface area (Å²) in [5, 5.41) is 3.33. The van der Waals surface area contributed by atoms with Crippen molar-refractivity contribution in [2.24, 2.45) is 0 Å². The standard InChI is InChI=1S/C12H12Br2N2S/c1-8-6-10(13)12(16-7-8)15-5-4-9-2-3-11(14)17-9/h2-3,6-7H,4-5H2,1H3,(H,15,16). The third-order valence-electron chi connectivity index (χ3n) is 2.27. The molecule has 0 aliphatic carbocycles. The van der Waals surface area contributed by atoms with Crippen molar-refractivity contribution in [1.29, 1.82) is 0 Å². The second kappa shape index (κ2) is 5.98. The normalized spacial score (nSPS) is 10.5. The van der Waals surface area contributed by atoms with E-state index >= 15 is 0 Å². The van der Waals surface area contributed by atoms with Crippen LogP contribution in [0.4, 0.5) is 5.82 Å². The van der Waals surface area contributed by atoms with Gasteiger partial charge in [-0.3, -0.25) is 0 Å². The maximum Gasteiger partial charge on any atom is 0.140 e. The number of anilines is 1. The van der Waals surface area contributed by atoms with Crippen LogP contribution in [0.15, 0.2) is 32.7 Å². The molecule has 0 spiro atoms. The first-order chi connectivity index (χ1) is 8.15. The maximum absolute atomic E-state index is 4.35. The average molecular weight is 376 g/mol. The number of aryl methyl sites for hydroxylation is 1. The van der Waals surface area contributed by atoms with Gasteiger partial charge in [-0.1, -0.05) is 0 Å². The second-order valence-electron chi connectivity index (χ2n) is 3.73. The predicted molar refractivity (Wildman–Crippen MR) is 80.9 cm³/mol. The molecule has 1 N–H and O–H groups in total. The Morgan fingerprint density at radius 2 is 2.18 bits per heavy atom. The molecule has 0 aromatic carbocycles. The lowest BCUT2D eigenvalue weighted by Gasteiger charge is -2.07. The second-order valence-corrected chi connectivity index (χ2v) is 7.13. The molecule has 0 aliphatic heterocycles. The van der Waals surface area contributed by atoms with Crippen molar-refractivity contribution < 1.29 is 0 Å². The van der Waals surface area contributed by atoms with Gasteiger partial charge in [-0.25, -0.2) is 4.98 Å². The highest BCUT2D eigenvalue weighted by Crippen LogP contribution is 2.23. The largest absolute Gasteiger partial charge is 0.369 e.